The fourth-order valence-corrected chi connectivity index (χ4v) is 2.13. The number of hydrogen-bond donors (Lipinski definition) is 1. The van der Waals surface area contributed by atoms with Crippen molar-refractivity contribution in [2.75, 3.05) is 0 Å². The fraction of sp³-hybridized carbons (Fsp3) is 0.625. The van der Waals surface area contributed by atoms with E-state index in [1.807, 2.05) is 12.1 Å². The van der Waals surface area contributed by atoms with E-state index in [-0.39, 0.29) is 40.8 Å². The van der Waals surface area contributed by atoms with Gasteiger partial charge in [-0.2, -0.15) is 0 Å². The molecule has 100 valence electrons. The molecule has 0 saturated heterocycles. The molecule has 2 heteroatoms. The van der Waals surface area contributed by atoms with Crippen molar-refractivity contribution in [3.05, 3.63) is 29.8 Å². The Kier molecular flexibility index (Phi) is 12.7. The molecule has 0 spiro atoms. The number of hydrogen-bond acceptors (Lipinski definition) is 1. The third kappa shape index (κ3) is 9.32. The Bertz CT molecular complexity index is 282. The number of aryl methyl sites for hydroxylation is 1. The van der Waals surface area contributed by atoms with Crippen LogP contribution in [-0.4, -0.2) is 5.11 Å². The molecule has 0 aliphatic heterocycles. The van der Waals surface area contributed by atoms with Crippen LogP contribution >= 0.6 is 0 Å². The summed E-state index contributed by atoms with van der Waals surface area (Å²) in [5.41, 5.74) is 1.34. The Balaban J connectivity index is 0.00000289. The molecule has 1 aromatic rings. The molecule has 0 saturated carbocycles. The first kappa shape index (κ1) is 18.4. The van der Waals surface area contributed by atoms with E-state index in [1.165, 1.54) is 56.9 Å². The maximum atomic E-state index is 9.17. The van der Waals surface area contributed by atoms with E-state index in [1.54, 1.807) is 12.1 Å². The zero-order valence-corrected chi connectivity index (χ0v) is 14.8. The zero-order valence-electron chi connectivity index (χ0n) is 11.6. The SMILES string of the molecule is CCCCCCCCCCc1ccc(O)cc1.[Nd]. The van der Waals surface area contributed by atoms with Gasteiger partial charge < -0.3 is 5.11 Å². The van der Waals surface area contributed by atoms with Gasteiger partial charge in [-0.3, -0.25) is 0 Å². The maximum absolute atomic E-state index is 9.17. The molecule has 0 aliphatic rings. The quantitative estimate of drug-likeness (QED) is 0.594. The summed E-state index contributed by atoms with van der Waals surface area (Å²) in [5.74, 6) is 0.365. The van der Waals surface area contributed by atoms with Crippen LogP contribution in [0, 0.1) is 40.8 Å². The van der Waals surface area contributed by atoms with E-state index in [2.05, 4.69) is 6.92 Å². The molecule has 1 rings (SSSR count). The third-order valence-corrected chi connectivity index (χ3v) is 3.26. The van der Waals surface area contributed by atoms with Crippen LogP contribution in [0.2, 0.25) is 0 Å². The van der Waals surface area contributed by atoms with E-state index in [0.29, 0.717) is 5.75 Å². The van der Waals surface area contributed by atoms with Crippen molar-refractivity contribution >= 4 is 0 Å². The minimum Gasteiger partial charge on any atom is -0.508 e. The molecular formula is C16H26NdO. The van der Waals surface area contributed by atoms with E-state index < -0.39 is 0 Å². The first-order valence-corrected chi connectivity index (χ1v) is 7.11. The van der Waals surface area contributed by atoms with Crippen molar-refractivity contribution in [1.82, 2.24) is 0 Å². The average Bonchev–Trinajstić information content (AvgIpc) is 2.35. The number of unbranched alkanes of at least 4 members (excludes halogenated alkanes) is 7. The second-order valence-corrected chi connectivity index (χ2v) is 4.89. The first-order valence-electron chi connectivity index (χ1n) is 7.11. The van der Waals surface area contributed by atoms with Crippen LogP contribution in [0.5, 0.6) is 5.75 Å². The number of rotatable bonds is 9. The predicted molar refractivity (Wildman–Crippen MR) is 74.4 cm³/mol. The molecule has 1 aromatic carbocycles. The minimum atomic E-state index is 0. The van der Waals surface area contributed by atoms with E-state index in [9.17, 15) is 0 Å². The van der Waals surface area contributed by atoms with Crippen molar-refractivity contribution in [1.29, 1.82) is 0 Å². The first-order chi connectivity index (χ1) is 8.33. The van der Waals surface area contributed by atoms with Crippen molar-refractivity contribution in [3.63, 3.8) is 0 Å². The summed E-state index contributed by atoms with van der Waals surface area (Å²) >= 11 is 0. The summed E-state index contributed by atoms with van der Waals surface area (Å²) in [6.07, 6.45) is 12.1. The third-order valence-electron chi connectivity index (χ3n) is 3.26. The van der Waals surface area contributed by atoms with E-state index >= 15 is 0 Å². The minimum absolute atomic E-state index is 0. The number of phenols is 1. The second-order valence-electron chi connectivity index (χ2n) is 4.89. The maximum Gasteiger partial charge on any atom is 0.115 e. The predicted octanol–water partition coefficient (Wildman–Crippen LogP) is 5.08. The Hall–Kier alpha value is 0.371. The molecular weight excluding hydrogens is 352 g/mol. The molecule has 0 heterocycles. The van der Waals surface area contributed by atoms with Gasteiger partial charge in [-0.25, -0.2) is 0 Å². The molecule has 1 nitrogen and oxygen atoms in total. The topological polar surface area (TPSA) is 20.2 Å². The molecule has 0 aliphatic carbocycles. The van der Waals surface area contributed by atoms with E-state index in [4.69, 9.17) is 5.11 Å². The van der Waals surface area contributed by atoms with E-state index in [0.717, 1.165) is 6.42 Å². The van der Waals surface area contributed by atoms with Crippen LogP contribution in [0.15, 0.2) is 24.3 Å². The van der Waals surface area contributed by atoms with Gasteiger partial charge in [0.25, 0.3) is 0 Å². The molecule has 0 bridgehead atoms. The molecule has 0 atom stereocenters. The summed E-state index contributed by atoms with van der Waals surface area (Å²) in [4.78, 5) is 0. The standard InChI is InChI=1S/C16H26O.Nd/c1-2-3-4-5-6-7-8-9-10-15-11-13-16(17)14-12-15;/h11-14,17H,2-10H2,1H3;. The van der Waals surface area contributed by atoms with Crippen LogP contribution in [0.3, 0.4) is 0 Å². The summed E-state index contributed by atoms with van der Waals surface area (Å²) < 4.78 is 0. The Morgan fingerprint density at radius 2 is 1.28 bits per heavy atom. The summed E-state index contributed by atoms with van der Waals surface area (Å²) in [6.45, 7) is 2.26. The molecule has 0 radical (unpaired) electrons. The van der Waals surface area contributed by atoms with Crippen molar-refractivity contribution in [3.8, 4) is 5.75 Å². The van der Waals surface area contributed by atoms with Crippen molar-refractivity contribution < 1.29 is 45.9 Å². The molecule has 18 heavy (non-hydrogen) atoms. The monoisotopic (exact) mass is 376 g/mol. The van der Waals surface area contributed by atoms with Crippen LogP contribution < -0.4 is 0 Å². The van der Waals surface area contributed by atoms with Gasteiger partial charge in [-0.15, -0.1) is 0 Å². The fourth-order valence-electron chi connectivity index (χ4n) is 2.13. The molecule has 0 unspecified atom stereocenters. The van der Waals surface area contributed by atoms with Gasteiger partial charge >= 0.3 is 0 Å². The smallest absolute Gasteiger partial charge is 0.115 e. The van der Waals surface area contributed by atoms with Crippen molar-refractivity contribution in [2.45, 2.75) is 64.7 Å². The summed E-state index contributed by atoms with van der Waals surface area (Å²) in [5, 5.41) is 9.17. The molecule has 0 amide bonds. The number of phenolic OH excluding ortho intramolecular Hbond substituents is 1. The van der Waals surface area contributed by atoms with Crippen LogP contribution in [0.4, 0.5) is 0 Å². The number of benzene rings is 1. The molecule has 0 aromatic heterocycles. The second kappa shape index (κ2) is 12.4. The average molecular weight is 379 g/mol. The van der Waals surface area contributed by atoms with Gasteiger partial charge in [0.05, 0.1) is 0 Å². The number of aromatic hydroxyl groups is 1. The van der Waals surface area contributed by atoms with Gasteiger partial charge in [0.15, 0.2) is 0 Å². The van der Waals surface area contributed by atoms with Crippen molar-refractivity contribution in [2.24, 2.45) is 0 Å². The molecule has 1 N–H and O–H groups in total. The Morgan fingerprint density at radius 1 is 0.778 bits per heavy atom. The van der Waals surface area contributed by atoms with Gasteiger partial charge in [0.1, 0.15) is 5.75 Å². The van der Waals surface area contributed by atoms with Gasteiger partial charge in [0, 0.05) is 40.8 Å². The Labute approximate surface area is 145 Å². The van der Waals surface area contributed by atoms with Gasteiger partial charge in [-0.05, 0) is 30.5 Å². The normalized spacial score (nSPS) is 10.1. The zero-order chi connectivity index (χ0) is 12.3. The largest absolute Gasteiger partial charge is 0.508 e. The van der Waals surface area contributed by atoms with Crippen LogP contribution in [0.1, 0.15) is 63.9 Å². The van der Waals surface area contributed by atoms with Crippen LogP contribution in [-0.2, 0) is 6.42 Å². The van der Waals surface area contributed by atoms with Gasteiger partial charge in [0.2, 0.25) is 0 Å². The summed E-state index contributed by atoms with van der Waals surface area (Å²) in [6, 6.07) is 7.60. The van der Waals surface area contributed by atoms with Gasteiger partial charge in [-0.1, -0.05) is 64.0 Å². The summed E-state index contributed by atoms with van der Waals surface area (Å²) in [7, 11) is 0. The molecule has 0 fully saturated rings. The van der Waals surface area contributed by atoms with Crippen LogP contribution in [0.25, 0.3) is 0 Å². The Morgan fingerprint density at radius 3 is 1.83 bits per heavy atom.